The number of aromatic amines is 1. The first-order valence-electron chi connectivity index (χ1n) is 2.55. The summed E-state index contributed by atoms with van der Waals surface area (Å²) in [5.41, 5.74) is 0. The molecular weight excluding hydrogens is 116 g/mol. The number of aromatic nitrogens is 2. The highest BCUT2D eigenvalue weighted by Crippen LogP contribution is 1.81. The van der Waals surface area contributed by atoms with Gasteiger partial charge in [-0.15, -0.1) is 0 Å². The summed E-state index contributed by atoms with van der Waals surface area (Å²) in [6, 6.07) is 0. The maximum absolute atomic E-state index is 10.7. The molecule has 0 fully saturated rings. The average Bonchev–Trinajstić information content (AvgIpc) is 2.37. The standard InChI is InChI=1S/C6H6N2O/c1-2-6(9)8-4-3-7-5-8/h2-5H,1H2/p+1. The van der Waals surface area contributed by atoms with Crippen LogP contribution < -0.4 is 4.98 Å². The maximum Gasteiger partial charge on any atom is 0.337 e. The Hall–Kier alpha value is -1.38. The summed E-state index contributed by atoms with van der Waals surface area (Å²) in [6.07, 6.45) is 6.11. The van der Waals surface area contributed by atoms with Crippen molar-refractivity contribution in [3.8, 4) is 0 Å². The molecule has 3 nitrogen and oxygen atoms in total. The van der Waals surface area contributed by atoms with E-state index in [1.807, 2.05) is 0 Å². The third kappa shape index (κ3) is 1.05. The minimum absolute atomic E-state index is 0.128. The first-order valence-corrected chi connectivity index (χ1v) is 2.55. The lowest BCUT2D eigenvalue weighted by molar-refractivity contribution is -0.376. The summed E-state index contributed by atoms with van der Waals surface area (Å²) in [5.74, 6) is -0.128. The Morgan fingerprint density at radius 2 is 2.56 bits per heavy atom. The third-order valence-electron chi connectivity index (χ3n) is 0.974. The zero-order valence-corrected chi connectivity index (χ0v) is 4.87. The summed E-state index contributed by atoms with van der Waals surface area (Å²) in [7, 11) is 0. The number of carbonyl (C=O) groups excluding carboxylic acids is 1. The van der Waals surface area contributed by atoms with E-state index in [4.69, 9.17) is 0 Å². The van der Waals surface area contributed by atoms with Crippen molar-refractivity contribution in [2.45, 2.75) is 0 Å². The fourth-order valence-corrected chi connectivity index (χ4v) is 0.532. The lowest BCUT2D eigenvalue weighted by atomic mass is 10.6. The molecule has 1 heterocycles. The number of hydrogen-bond donors (Lipinski definition) is 0. The number of H-pyrrole nitrogens is 1. The second kappa shape index (κ2) is 2.26. The van der Waals surface area contributed by atoms with Gasteiger partial charge in [0.25, 0.3) is 0 Å². The Bertz CT molecular complexity index is 213. The Labute approximate surface area is 52.6 Å². The van der Waals surface area contributed by atoms with Crippen LogP contribution >= 0.6 is 0 Å². The summed E-state index contributed by atoms with van der Waals surface area (Å²) >= 11 is 0. The van der Waals surface area contributed by atoms with E-state index in [0.29, 0.717) is 0 Å². The van der Waals surface area contributed by atoms with Gasteiger partial charge in [0.1, 0.15) is 12.4 Å². The van der Waals surface area contributed by atoms with Gasteiger partial charge < -0.3 is 0 Å². The summed E-state index contributed by atoms with van der Waals surface area (Å²) < 4.78 is 1.41. The lowest BCUT2D eigenvalue weighted by Crippen LogP contribution is -2.05. The summed E-state index contributed by atoms with van der Waals surface area (Å²) in [4.78, 5) is 13.4. The number of nitrogens with zero attached hydrogens (tertiary/aromatic N) is 1. The second-order valence-corrected chi connectivity index (χ2v) is 1.56. The molecule has 0 unspecified atom stereocenters. The van der Waals surface area contributed by atoms with Gasteiger partial charge in [0, 0.05) is 6.08 Å². The maximum atomic E-state index is 10.7. The van der Waals surface area contributed by atoms with Gasteiger partial charge in [0.15, 0.2) is 0 Å². The minimum atomic E-state index is -0.128. The van der Waals surface area contributed by atoms with E-state index in [-0.39, 0.29) is 5.91 Å². The fourth-order valence-electron chi connectivity index (χ4n) is 0.532. The van der Waals surface area contributed by atoms with Crippen molar-refractivity contribution in [1.82, 2.24) is 4.57 Å². The van der Waals surface area contributed by atoms with E-state index >= 15 is 0 Å². The highest BCUT2D eigenvalue weighted by Gasteiger charge is 2.01. The Kier molecular flexibility index (Phi) is 1.44. The van der Waals surface area contributed by atoms with Crippen LogP contribution in [0.4, 0.5) is 0 Å². The van der Waals surface area contributed by atoms with Crippen molar-refractivity contribution in [3.63, 3.8) is 0 Å². The molecule has 1 aromatic rings. The van der Waals surface area contributed by atoms with E-state index in [0.717, 1.165) is 0 Å². The number of carbonyl (C=O) groups is 1. The van der Waals surface area contributed by atoms with Gasteiger partial charge in [0.05, 0.1) is 0 Å². The molecule has 0 saturated carbocycles. The van der Waals surface area contributed by atoms with Crippen LogP contribution in [0.15, 0.2) is 31.4 Å². The number of nitrogens with one attached hydrogen (secondary N) is 1. The SMILES string of the molecule is C=CC(=O)n1cc[nH+]c1. The summed E-state index contributed by atoms with van der Waals surface area (Å²) in [5, 5.41) is 0. The van der Waals surface area contributed by atoms with Crippen molar-refractivity contribution < 1.29 is 9.78 Å². The van der Waals surface area contributed by atoms with Crippen LogP contribution in [0, 0.1) is 0 Å². The van der Waals surface area contributed by atoms with E-state index in [2.05, 4.69) is 11.6 Å². The highest BCUT2D eigenvalue weighted by atomic mass is 16.1. The number of imidazole rings is 1. The molecule has 0 radical (unpaired) electrons. The van der Waals surface area contributed by atoms with Gasteiger partial charge in [0.2, 0.25) is 6.33 Å². The molecule has 0 bridgehead atoms. The molecule has 0 amide bonds. The van der Waals surface area contributed by atoms with Gasteiger partial charge in [-0.3, -0.25) is 0 Å². The van der Waals surface area contributed by atoms with E-state index < -0.39 is 0 Å². The predicted molar refractivity (Wildman–Crippen MR) is 31.8 cm³/mol. The number of hydrogen-bond acceptors (Lipinski definition) is 1. The third-order valence-corrected chi connectivity index (χ3v) is 0.974. The minimum Gasteiger partial charge on any atom is -0.250 e. The first-order chi connectivity index (χ1) is 4.34. The van der Waals surface area contributed by atoms with Crippen molar-refractivity contribution >= 4 is 5.91 Å². The number of rotatable bonds is 1. The zero-order chi connectivity index (χ0) is 6.69. The van der Waals surface area contributed by atoms with Crippen LogP contribution in [0.2, 0.25) is 0 Å². The fraction of sp³-hybridized carbons (Fsp3) is 0. The molecule has 1 rings (SSSR count). The van der Waals surface area contributed by atoms with Crippen molar-refractivity contribution in [2.75, 3.05) is 0 Å². The molecule has 0 spiro atoms. The van der Waals surface area contributed by atoms with Crippen LogP contribution in [-0.2, 0) is 0 Å². The van der Waals surface area contributed by atoms with Gasteiger partial charge in [-0.05, 0) is 0 Å². The largest absolute Gasteiger partial charge is 0.337 e. The summed E-state index contributed by atoms with van der Waals surface area (Å²) in [6.45, 7) is 3.33. The molecule has 1 N–H and O–H groups in total. The van der Waals surface area contributed by atoms with Crippen LogP contribution in [0.3, 0.4) is 0 Å². The molecule has 0 atom stereocenters. The predicted octanol–water partition coefficient (Wildman–Crippen LogP) is 0.128. The van der Waals surface area contributed by atoms with Gasteiger partial charge >= 0.3 is 5.91 Å². The van der Waals surface area contributed by atoms with Crippen LogP contribution in [-0.4, -0.2) is 10.5 Å². The molecule has 0 aliphatic heterocycles. The number of allylic oxidation sites excluding steroid dienone is 1. The molecule has 0 aliphatic rings. The lowest BCUT2D eigenvalue weighted by Gasteiger charge is -1.80. The molecule has 46 valence electrons. The molecule has 0 aliphatic carbocycles. The topological polar surface area (TPSA) is 36.1 Å². The molecule has 0 aromatic carbocycles. The van der Waals surface area contributed by atoms with Gasteiger partial charge in [-0.25, -0.2) is 9.78 Å². The van der Waals surface area contributed by atoms with Gasteiger partial charge in [-0.1, -0.05) is 6.58 Å². The Balaban J connectivity index is 2.89. The van der Waals surface area contributed by atoms with Crippen LogP contribution in [0.25, 0.3) is 0 Å². The Morgan fingerprint density at radius 3 is 3.00 bits per heavy atom. The van der Waals surface area contributed by atoms with Crippen molar-refractivity contribution in [3.05, 3.63) is 31.4 Å². The van der Waals surface area contributed by atoms with Crippen LogP contribution in [0.1, 0.15) is 4.79 Å². The van der Waals surface area contributed by atoms with Crippen molar-refractivity contribution in [1.29, 1.82) is 0 Å². The van der Waals surface area contributed by atoms with Gasteiger partial charge in [-0.2, -0.15) is 4.57 Å². The van der Waals surface area contributed by atoms with E-state index in [9.17, 15) is 4.79 Å². The zero-order valence-electron chi connectivity index (χ0n) is 4.87. The average molecular weight is 123 g/mol. The second-order valence-electron chi connectivity index (χ2n) is 1.56. The smallest absolute Gasteiger partial charge is 0.250 e. The normalized spacial score (nSPS) is 8.89. The molecule has 0 saturated heterocycles. The molecule has 1 aromatic heterocycles. The Morgan fingerprint density at radius 1 is 1.78 bits per heavy atom. The molecule has 3 heteroatoms. The molecule has 9 heavy (non-hydrogen) atoms. The van der Waals surface area contributed by atoms with E-state index in [1.165, 1.54) is 10.6 Å². The monoisotopic (exact) mass is 123 g/mol. The van der Waals surface area contributed by atoms with Crippen molar-refractivity contribution in [2.24, 2.45) is 0 Å². The van der Waals surface area contributed by atoms with E-state index in [1.54, 1.807) is 18.7 Å². The quantitative estimate of drug-likeness (QED) is 0.489. The molecular formula is C6H7N2O+. The first kappa shape index (κ1) is 5.75. The van der Waals surface area contributed by atoms with Crippen LogP contribution in [0.5, 0.6) is 0 Å². The highest BCUT2D eigenvalue weighted by molar-refractivity contribution is 5.88.